The lowest BCUT2D eigenvalue weighted by Gasteiger charge is -2.29. The van der Waals surface area contributed by atoms with E-state index in [0.29, 0.717) is 56.4 Å². The predicted octanol–water partition coefficient (Wildman–Crippen LogP) is 3.86. The number of ether oxygens (including phenoxy) is 1. The largest absolute Gasteiger partial charge is 0.444 e. The van der Waals surface area contributed by atoms with Gasteiger partial charge in [-0.05, 0) is 69.2 Å². The van der Waals surface area contributed by atoms with Crippen molar-refractivity contribution in [2.24, 2.45) is 11.7 Å². The Morgan fingerprint density at radius 2 is 1.72 bits per heavy atom. The fourth-order valence-electron chi connectivity index (χ4n) is 6.76. The Hall–Kier alpha value is -4.14. The van der Waals surface area contributed by atoms with Gasteiger partial charge in [-0.2, -0.15) is 0 Å². The highest BCUT2D eigenvalue weighted by Crippen LogP contribution is 2.29. The number of amides is 2. The molecule has 0 unspecified atom stereocenters. The molecule has 2 fully saturated rings. The van der Waals surface area contributed by atoms with Gasteiger partial charge in [-0.1, -0.05) is 48.9 Å². The highest BCUT2D eigenvalue weighted by molar-refractivity contribution is 7.88. The summed E-state index contributed by atoms with van der Waals surface area (Å²) in [6, 6.07) is 14.1. The molecular weight excluding hydrogens is 662 g/mol. The number of aromatic nitrogens is 1. The monoisotopic (exact) mass is 709 g/mol. The van der Waals surface area contributed by atoms with Gasteiger partial charge >= 0.3 is 6.09 Å². The number of nitrogens with zero attached hydrogens (tertiary/aromatic N) is 3. The Morgan fingerprint density at radius 1 is 1.00 bits per heavy atom. The number of para-hydroxylation sites is 2. The minimum absolute atomic E-state index is 0.0288. The topological polar surface area (TPSA) is 182 Å². The predicted molar refractivity (Wildman–Crippen MR) is 187 cm³/mol. The quantitative estimate of drug-likeness (QED) is 0.164. The van der Waals surface area contributed by atoms with Crippen LogP contribution in [0, 0.1) is 5.92 Å². The first kappa shape index (κ1) is 37.1. The smallest absolute Gasteiger partial charge is 0.410 e. The van der Waals surface area contributed by atoms with Gasteiger partial charge in [-0.3, -0.25) is 14.4 Å². The number of hydrogen-bond acceptors (Lipinski definition) is 10. The second-order valence-corrected chi connectivity index (χ2v) is 15.0. The van der Waals surface area contributed by atoms with Gasteiger partial charge in [0.15, 0.2) is 11.4 Å². The Labute approximate surface area is 292 Å². The number of aryl methyl sites for hydroxylation is 1. The van der Waals surface area contributed by atoms with Crippen LogP contribution in [0.15, 0.2) is 59.0 Å². The average Bonchev–Trinajstić information content (AvgIpc) is 3.74. The van der Waals surface area contributed by atoms with Crippen LogP contribution in [-0.4, -0.2) is 97.4 Å². The van der Waals surface area contributed by atoms with Crippen LogP contribution in [0.4, 0.5) is 4.79 Å². The summed E-state index contributed by atoms with van der Waals surface area (Å²) in [4.78, 5) is 62.6. The first-order valence-electron chi connectivity index (χ1n) is 17.4. The third-order valence-corrected chi connectivity index (χ3v) is 10.1. The number of benzene rings is 2. The zero-order valence-corrected chi connectivity index (χ0v) is 29.3. The number of nitrogens with one attached hydrogen (secondary N) is 1. The molecule has 2 aliphatic rings. The molecule has 3 aromatic rings. The number of sulfonamides is 1. The van der Waals surface area contributed by atoms with E-state index >= 15 is 0 Å². The van der Waals surface area contributed by atoms with Gasteiger partial charge < -0.3 is 24.7 Å². The summed E-state index contributed by atoms with van der Waals surface area (Å²) in [6.45, 7) is 1.47. The standard InChI is InChI=1S/C36H47N5O8S/c1-50(46,47)39-29(18-17-25-12-4-2-5-13-25)35(44)41-24-27(48-36(45)40-20-10-3-11-21-40)23-30(41)31(42)22-26(14-8-9-19-37)33(43)34-38-28-15-6-7-16-32(28)49-34/h2,4-7,12-13,15-16,26-27,29-30,39H,3,8-11,14,17-24,37H2,1H3/t26-,27-,29-,30+/m1/s1. The Balaban J connectivity index is 1.39. The number of nitrogens with two attached hydrogens (primary N) is 1. The number of rotatable bonds is 16. The molecule has 0 bridgehead atoms. The summed E-state index contributed by atoms with van der Waals surface area (Å²) in [6.07, 6.45) is 4.39. The maximum atomic E-state index is 14.2. The lowest BCUT2D eigenvalue weighted by Crippen LogP contribution is -2.52. The second kappa shape index (κ2) is 17.2. The Kier molecular flexibility index (Phi) is 12.8. The number of ketones is 2. The van der Waals surface area contributed by atoms with Crippen LogP contribution in [0.3, 0.4) is 0 Å². The third kappa shape index (κ3) is 9.98. The van der Waals surface area contributed by atoms with Crippen molar-refractivity contribution >= 4 is 44.7 Å². The highest BCUT2D eigenvalue weighted by atomic mass is 32.2. The highest BCUT2D eigenvalue weighted by Gasteiger charge is 2.45. The maximum absolute atomic E-state index is 14.2. The number of fused-ring (bicyclic) bond motifs is 1. The molecule has 1 aromatic heterocycles. The molecule has 13 nitrogen and oxygen atoms in total. The number of likely N-dealkylation sites (tertiary alicyclic amines) is 2. The van der Waals surface area contributed by atoms with Gasteiger partial charge in [0.05, 0.1) is 18.8 Å². The molecular formula is C36H47N5O8S. The van der Waals surface area contributed by atoms with E-state index in [1.165, 1.54) is 4.90 Å². The number of oxazole rings is 1. The van der Waals surface area contributed by atoms with Crippen molar-refractivity contribution in [3.05, 3.63) is 66.1 Å². The lowest BCUT2D eigenvalue weighted by molar-refractivity contribution is -0.139. The zero-order chi connectivity index (χ0) is 35.7. The summed E-state index contributed by atoms with van der Waals surface area (Å²) in [7, 11) is -3.82. The fourth-order valence-corrected chi connectivity index (χ4v) is 7.50. The normalized spacial score (nSPS) is 19.3. The van der Waals surface area contributed by atoms with Crippen LogP contribution in [0.2, 0.25) is 0 Å². The van der Waals surface area contributed by atoms with E-state index in [1.807, 2.05) is 30.3 Å². The molecule has 14 heteroatoms. The first-order valence-corrected chi connectivity index (χ1v) is 19.3. The molecule has 2 aromatic carbocycles. The van der Waals surface area contributed by atoms with Gasteiger partial charge in [0, 0.05) is 31.8 Å². The number of Topliss-reactive ketones (excluding diaryl/α,β-unsaturated/α-hetero) is 2. The lowest BCUT2D eigenvalue weighted by atomic mass is 9.89. The average molecular weight is 710 g/mol. The Morgan fingerprint density at radius 3 is 2.42 bits per heavy atom. The van der Waals surface area contributed by atoms with E-state index in [1.54, 1.807) is 29.2 Å². The first-order chi connectivity index (χ1) is 24.0. The Bertz CT molecular complexity index is 1710. The number of unbranched alkanes of at least 4 members (excludes halogenated alkanes) is 1. The molecule has 0 spiro atoms. The van der Waals surface area contributed by atoms with E-state index in [9.17, 15) is 27.6 Å². The van der Waals surface area contributed by atoms with Crippen LogP contribution >= 0.6 is 0 Å². The van der Waals surface area contributed by atoms with Gasteiger partial charge in [0.2, 0.25) is 21.7 Å². The van der Waals surface area contributed by atoms with Gasteiger partial charge in [0.25, 0.3) is 5.89 Å². The molecule has 0 aliphatic carbocycles. The SMILES string of the molecule is CS(=O)(=O)N[C@H](CCc1ccccc1)C(=O)N1C[C@H](OC(=O)N2CCCCC2)C[C@H]1C(=O)C[C@@H](CCCCN)C(=O)c1nc2ccccc2o1. The minimum atomic E-state index is -3.82. The zero-order valence-electron chi connectivity index (χ0n) is 28.5. The molecule has 2 saturated heterocycles. The molecule has 4 atom stereocenters. The molecule has 2 amide bonds. The van der Waals surface area contributed by atoms with Gasteiger partial charge in [-0.25, -0.2) is 22.9 Å². The number of carbonyl (C=O) groups is 4. The summed E-state index contributed by atoms with van der Waals surface area (Å²) < 4.78 is 38.9. The molecule has 50 heavy (non-hydrogen) atoms. The van der Waals surface area contributed by atoms with Crippen molar-refractivity contribution in [2.75, 3.05) is 32.4 Å². The summed E-state index contributed by atoms with van der Waals surface area (Å²) >= 11 is 0. The van der Waals surface area contributed by atoms with Crippen LogP contribution in [-0.2, 0) is 30.8 Å². The van der Waals surface area contributed by atoms with Crippen LogP contribution in [0.25, 0.3) is 11.1 Å². The molecule has 0 radical (unpaired) electrons. The van der Waals surface area contributed by atoms with Gasteiger partial charge in [0.1, 0.15) is 17.7 Å². The minimum Gasteiger partial charge on any atom is -0.444 e. The summed E-state index contributed by atoms with van der Waals surface area (Å²) in [5.41, 5.74) is 7.62. The molecule has 270 valence electrons. The maximum Gasteiger partial charge on any atom is 0.410 e. The van der Waals surface area contributed by atoms with Crippen LogP contribution < -0.4 is 10.5 Å². The molecule has 3 heterocycles. The van der Waals surface area contributed by atoms with Crippen molar-refractivity contribution in [3.8, 4) is 0 Å². The molecule has 2 aliphatic heterocycles. The second-order valence-electron chi connectivity index (χ2n) is 13.3. The van der Waals surface area contributed by atoms with E-state index < -0.39 is 57.7 Å². The van der Waals surface area contributed by atoms with Crippen molar-refractivity contribution in [3.63, 3.8) is 0 Å². The number of carbonyl (C=O) groups excluding carboxylic acids is 4. The van der Waals surface area contributed by atoms with Gasteiger partial charge in [-0.15, -0.1) is 0 Å². The van der Waals surface area contributed by atoms with Crippen LogP contribution in [0.1, 0.15) is 74.0 Å². The summed E-state index contributed by atoms with van der Waals surface area (Å²) in [5.74, 6) is -2.29. The van der Waals surface area contributed by atoms with E-state index in [4.69, 9.17) is 14.9 Å². The molecule has 5 rings (SSSR count). The van der Waals surface area contributed by atoms with Crippen molar-refractivity contribution < 1.29 is 36.7 Å². The number of piperidine rings is 1. The van der Waals surface area contributed by atoms with E-state index in [-0.39, 0.29) is 31.7 Å². The van der Waals surface area contributed by atoms with Crippen molar-refractivity contribution in [1.29, 1.82) is 0 Å². The summed E-state index contributed by atoms with van der Waals surface area (Å²) in [5, 5.41) is 0. The molecule has 0 saturated carbocycles. The van der Waals surface area contributed by atoms with Crippen LogP contribution in [0.5, 0.6) is 0 Å². The third-order valence-electron chi connectivity index (χ3n) is 9.35. The van der Waals surface area contributed by atoms with Crippen molar-refractivity contribution in [1.82, 2.24) is 19.5 Å². The fraction of sp³-hybridized carbons (Fsp3) is 0.528. The molecule has 3 N–H and O–H groups in total. The van der Waals surface area contributed by atoms with E-state index in [0.717, 1.165) is 31.1 Å². The van der Waals surface area contributed by atoms with Crippen molar-refractivity contribution in [2.45, 2.75) is 82.4 Å². The van der Waals surface area contributed by atoms with E-state index in [2.05, 4.69) is 9.71 Å². The number of hydrogen-bond donors (Lipinski definition) is 2.